The summed E-state index contributed by atoms with van der Waals surface area (Å²) in [6.45, 7) is 3.84. The molecule has 0 amide bonds. The van der Waals surface area contributed by atoms with Crippen LogP contribution in [-0.4, -0.2) is 36.3 Å². The molecule has 3 aromatic rings. The smallest absolute Gasteiger partial charge is 0.154 e. The number of rotatable bonds is 4. The van der Waals surface area contributed by atoms with Crippen molar-refractivity contribution >= 4 is 22.8 Å². The number of anilines is 1. The van der Waals surface area contributed by atoms with Crippen LogP contribution in [0.4, 0.5) is 5.82 Å². The van der Waals surface area contributed by atoms with Crippen molar-refractivity contribution in [3.63, 3.8) is 0 Å². The Hall–Kier alpha value is -1.99. The minimum Gasteiger partial charge on any atom is -0.390 e. The Labute approximate surface area is 150 Å². The molecule has 0 bridgehead atoms. The van der Waals surface area contributed by atoms with Gasteiger partial charge in [0.1, 0.15) is 11.5 Å². The van der Waals surface area contributed by atoms with Crippen molar-refractivity contribution in [1.82, 2.24) is 19.6 Å². The molecule has 4 rings (SSSR count). The van der Waals surface area contributed by atoms with Gasteiger partial charge in [-0.05, 0) is 57.6 Å². The highest BCUT2D eigenvalue weighted by atomic mass is 32.1. The quantitative estimate of drug-likeness (QED) is 0.746. The van der Waals surface area contributed by atoms with Gasteiger partial charge in [-0.2, -0.15) is 0 Å². The number of thiazole rings is 1. The fourth-order valence-corrected chi connectivity index (χ4v) is 4.23. The molecule has 7 heteroatoms. The monoisotopic (exact) mass is 357 g/mol. The van der Waals surface area contributed by atoms with Crippen molar-refractivity contribution < 1.29 is 5.11 Å². The molecule has 0 aromatic carbocycles. The summed E-state index contributed by atoms with van der Waals surface area (Å²) < 4.78 is 1.87. The van der Waals surface area contributed by atoms with Crippen LogP contribution in [0.5, 0.6) is 0 Å². The lowest BCUT2D eigenvalue weighted by atomic mass is 9.77. The van der Waals surface area contributed by atoms with Crippen LogP contribution < -0.4 is 5.32 Å². The Bertz CT molecular complexity index is 844. The number of hydrogen-bond donors (Lipinski definition) is 2. The maximum absolute atomic E-state index is 10.2. The molecule has 1 fully saturated rings. The first-order valence-corrected chi connectivity index (χ1v) is 9.61. The summed E-state index contributed by atoms with van der Waals surface area (Å²) in [6.07, 6.45) is 7.88. The number of fused-ring (bicyclic) bond motifs is 1. The van der Waals surface area contributed by atoms with Crippen molar-refractivity contribution in [1.29, 1.82) is 0 Å². The first-order chi connectivity index (χ1) is 12.0. The van der Waals surface area contributed by atoms with Crippen LogP contribution >= 0.6 is 11.3 Å². The average Bonchev–Trinajstić information content (AvgIpc) is 3.23. The van der Waals surface area contributed by atoms with Gasteiger partial charge in [-0.1, -0.05) is 0 Å². The van der Waals surface area contributed by atoms with E-state index in [0.29, 0.717) is 12.0 Å². The predicted molar refractivity (Wildman–Crippen MR) is 99.8 cm³/mol. The zero-order valence-corrected chi connectivity index (χ0v) is 15.3. The second-order valence-electron chi connectivity index (χ2n) is 7.34. The fourth-order valence-electron chi connectivity index (χ4n) is 3.61. The van der Waals surface area contributed by atoms with Gasteiger partial charge in [-0.25, -0.2) is 9.50 Å². The van der Waals surface area contributed by atoms with E-state index in [1.54, 1.807) is 11.3 Å². The normalized spacial score (nSPS) is 21.6. The minimum absolute atomic E-state index is 0.382. The summed E-state index contributed by atoms with van der Waals surface area (Å²) in [5.41, 5.74) is 3.03. The lowest BCUT2D eigenvalue weighted by molar-refractivity contribution is -0.000405. The zero-order valence-electron chi connectivity index (χ0n) is 14.5. The van der Waals surface area contributed by atoms with Gasteiger partial charge >= 0.3 is 0 Å². The first-order valence-electron chi connectivity index (χ1n) is 8.73. The van der Waals surface area contributed by atoms with E-state index >= 15 is 0 Å². The highest BCUT2D eigenvalue weighted by Gasteiger charge is 2.31. The SMILES string of the molecule is CC(C)(O)C1CCC(Nc2ccc3ncc(-c4cncs4)n3n2)CC1. The third-order valence-electron chi connectivity index (χ3n) is 5.13. The van der Waals surface area contributed by atoms with Crippen molar-refractivity contribution in [3.05, 3.63) is 30.0 Å². The number of aromatic nitrogens is 4. The Morgan fingerprint density at radius 1 is 1.20 bits per heavy atom. The third-order valence-corrected chi connectivity index (χ3v) is 5.92. The van der Waals surface area contributed by atoms with Crippen LogP contribution in [-0.2, 0) is 0 Å². The summed E-state index contributed by atoms with van der Waals surface area (Å²) in [5.74, 6) is 1.25. The van der Waals surface area contributed by atoms with E-state index in [9.17, 15) is 5.11 Å². The van der Waals surface area contributed by atoms with E-state index in [-0.39, 0.29) is 0 Å². The van der Waals surface area contributed by atoms with Crippen LogP contribution in [0.15, 0.2) is 30.0 Å². The molecule has 0 spiro atoms. The molecule has 0 aliphatic heterocycles. The summed E-state index contributed by atoms with van der Waals surface area (Å²) in [4.78, 5) is 9.62. The van der Waals surface area contributed by atoms with Gasteiger partial charge in [0.05, 0.1) is 22.2 Å². The lowest BCUT2D eigenvalue weighted by Crippen LogP contribution is -2.37. The molecule has 0 saturated heterocycles. The summed E-state index contributed by atoms with van der Waals surface area (Å²) >= 11 is 1.58. The highest BCUT2D eigenvalue weighted by molar-refractivity contribution is 7.13. The summed E-state index contributed by atoms with van der Waals surface area (Å²) in [7, 11) is 0. The minimum atomic E-state index is -0.581. The zero-order chi connectivity index (χ0) is 17.4. The molecule has 3 heterocycles. The van der Waals surface area contributed by atoms with E-state index in [4.69, 9.17) is 5.10 Å². The highest BCUT2D eigenvalue weighted by Crippen LogP contribution is 2.33. The van der Waals surface area contributed by atoms with Gasteiger partial charge in [0, 0.05) is 12.2 Å². The number of aliphatic hydroxyl groups is 1. The second-order valence-corrected chi connectivity index (χ2v) is 8.23. The molecule has 1 aliphatic rings. The lowest BCUT2D eigenvalue weighted by Gasteiger charge is -2.36. The molecular weight excluding hydrogens is 334 g/mol. The van der Waals surface area contributed by atoms with Gasteiger partial charge < -0.3 is 10.4 Å². The standard InChI is InChI=1S/C18H23N5OS/c1-18(2,24)12-3-5-13(6-4-12)21-16-7-8-17-20-9-14(23(17)22-16)15-10-19-11-25-15/h7-13,24H,3-6H2,1-2H3,(H,21,22). The molecule has 0 atom stereocenters. The molecule has 1 aliphatic carbocycles. The van der Waals surface area contributed by atoms with Crippen molar-refractivity contribution in [2.75, 3.05) is 5.32 Å². The fraction of sp³-hybridized carbons (Fsp3) is 0.500. The Kier molecular flexibility index (Phi) is 4.21. The largest absolute Gasteiger partial charge is 0.390 e. The predicted octanol–water partition coefficient (Wildman–Crippen LogP) is 3.59. The number of hydrogen-bond acceptors (Lipinski definition) is 6. The van der Waals surface area contributed by atoms with E-state index in [1.165, 1.54) is 0 Å². The molecule has 2 N–H and O–H groups in total. The Morgan fingerprint density at radius 3 is 2.68 bits per heavy atom. The number of imidazole rings is 1. The van der Waals surface area contributed by atoms with E-state index in [1.807, 2.05) is 48.4 Å². The molecule has 3 aromatic heterocycles. The molecule has 0 unspecified atom stereocenters. The average molecular weight is 357 g/mol. The van der Waals surface area contributed by atoms with Gasteiger partial charge in [0.25, 0.3) is 0 Å². The van der Waals surface area contributed by atoms with E-state index in [2.05, 4.69) is 15.3 Å². The Morgan fingerprint density at radius 2 is 2.00 bits per heavy atom. The van der Waals surface area contributed by atoms with Gasteiger partial charge in [0.15, 0.2) is 5.65 Å². The summed E-state index contributed by atoms with van der Waals surface area (Å²) in [6, 6.07) is 4.38. The van der Waals surface area contributed by atoms with Crippen LogP contribution in [0.1, 0.15) is 39.5 Å². The maximum atomic E-state index is 10.2. The van der Waals surface area contributed by atoms with Crippen LogP contribution in [0, 0.1) is 5.92 Å². The molecular formula is C18H23N5OS. The van der Waals surface area contributed by atoms with Crippen molar-refractivity contribution in [2.24, 2.45) is 5.92 Å². The van der Waals surface area contributed by atoms with Crippen molar-refractivity contribution in [3.8, 4) is 10.6 Å². The second kappa shape index (κ2) is 6.38. The molecule has 0 radical (unpaired) electrons. The Balaban J connectivity index is 1.50. The van der Waals surface area contributed by atoms with E-state index in [0.717, 1.165) is 47.7 Å². The molecule has 6 nitrogen and oxygen atoms in total. The van der Waals surface area contributed by atoms with Crippen molar-refractivity contribution in [2.45, 2.75) is 51.2 Å². The van der Waals surface area contributed by atoms with Crippen LogP contribution in [0.25, 0.3) is 16.2 Å². The van der Waals surface area contributed by atoms with Gasteiger partial charge in [-0.3, -0.25) is 4.98 Å². The number of nitrogens with zero attached hydrogens (tertiary/aromatic N) is 4. The number of nitrogens with one attached hydrogen (secondary N) is 1. The molecule has 25 heavy (non-hydrogen) atoms. The van der Waals surface area contributed by atoms with Gasteiger partial charge in [0.2, 0.25) is 0 Å². The first kappa shape index (κ1) is 16.5. The molecule has 132 valence electrons. The topological polar surface area (TPSA) is 75.3 Å². The van der Waals surface area contributed by atoms with Gasteiger partial charge in [-0.15, -0.1) is 16.4 Å². The van der Waals surface area contributed by atoms with Crippen LogP contribution in [0.2, 0.25) is 0 Å². The molecule has 1 saturated carbocycles. The van der Waals surface area contributed by atoms with Crippen LogP contribution in [0.3, 0.4) is 0 Å². The third kappa shape index (κ3) is 3.39. The maximum Gasteiger partial charge on any atom is 0.154 e. The van der Waals surface area contributed by atoms with E-state index < -0.39 is 5.60 Å². The summed E-state index contributed by atoms with van der Waals surface area (Å²) in [5, 5.41) is 18.5.